The smallest absolute Gasteiger partial charge is 0.343 e. The summed E-state index contributed by atoms with van der Waals surface area (Å²) in [7, 11) is 6.24. The summed E-state index contributed by atoms with van der Waals surface area (Å²) < 4.78 is 27.7. The quantitative estimate of drug-likeness (QED) is 0.502. The fourth-order valence-corrected chi connectivity index (χ4v) is 3.43. The van der Waals surface area contributed by atoms with Crippen LogP contribution in [0, 0.1) is 6.92 Å². The minimum absolute atomic E-state index is 0.357. The van der Waals surface area contributed by atoms with E-state index < -0.39 is 5.97 Å². The lowest BCUT2D eigenvalue weighted by molar-refractivity contribution is 0.0734. The summed E-state index contributed by atoms with van der Waals surface area (Å²) >= 11 is 0. The highest BCUT2D eigenvalue weighted by molar-refractivity contribution is 5.90. The summed E-state index contributed by atoms with van der Waals surface area (Å²) in [5.41, 5.74) is 3.00. The number of nitrogens with zero attached hydrogens (tertiary/aromatic N) is 1. The molecule has 0 spiro atoms. The van der Waals surface area contributed by atoms with Gasteiger partial charge in [-0.15, -0.1) is 0 Å². The fraction of sp³-hybridized carbons (Fsp3) is 0.250. The van der Waals surface area contributed by atoms with E-state index in [2.05, 4.69) is 4.98 Å². The number of pyridine rings is 1. The largest absolute Gasteiger partial charge is 0.492 e. The number of rotatable bonds is 8. The maximum Gasteiger partial charge on any atom is 0.343 e. The monoisotopic (exact) mass is 423 g/mol. The average molecular weight is 423 g/mol. The van der Waals surface area contributed by atoms with E-state index >= 15 is 0 Å². The molecule has 7 nitrogen and oxygen atoms in total. The van der Waals surface area contributed by atoms with Crippen LogP contribution in [0.2, 0.25) is 0 Å². The van der Waals surface area contributed by atoms with E-state index in [1.807, 2.05) is 13.0 Å². The zero-order valence-corrected chi connectivity index (χ0v) is 18.2. The first-order valence-corrected chi connectivity index (χ1v) is 9.60. The van der Waals surface area contributed by atoms with E-state index in [1.54, 1.807) is 65.0 Å². The molecule has 0 atom stereocenters. The standard InChI is InChI=1S/C24H25NO6/c1-15-19(21(28-3)23(30-5)22(29-4)20(15)27-2)12-16-11-18(14-25-13-16)31-24(26)17-9-7-6-8-10-17/h6-11,13-14H,12H2,1-5H3. The van der Waals surface area contributed by atoms with Gasteiger partial charge in [0.15, 0.2) is 11.5 Å². The first kappa shape index (κ1) is 22.0. The Labute approximate surface area is 181 Å². The zero-order valence-electron chi connectivity index (χ0n) is 18.2. The van der Waals surface area contributed by atoms with Crippen molar-refractivity contribution in [3.63, 3.8) is 0 Å². The van der Waals surface area contributed by atoms with Crippen molar-refractivity contribution in [2.45, 2.75) is 13.3 Å². The minimum Gasteiger partial charge on any atom is -0.492 e. The van der Waals surface area contributed by atoms with Gasteiger partial charge in [0, 0.05) is 23.7 Å². The molecule has 2 aromatic carbocycles. The third-order valence-corrected chi connectivity index (χ3v) is 4.87. The van der Waals surface area contributed by atoms with Gasteiger partial charge in [0.1, 0.15) is 5.75 Å². The number of carbonyl (C=O) groups is 1. The Hall–Kier alpha value is -3.74. The van der Waals surface area contributed by atoms with Gasteiger partial charge >= 0.3 is 5.97 Å². The summed E-state index contributed by atoms with van der Waals surface area (Å²) in [6, 6.07) is 10.6. The number of esters is 1. The second kappa shape index (κ2) is 9.84. The fourth-order valence-electron chi connectivity index (χ4n) is 3.43. The number of methoxy groups -OCH3 is 4. The van der Waals surface area contributed by atoms with Crippen LogP contribution in [0.25, 0.3) is 0 Å². The molecular weight excluding hydrogens is 398 g/mol. The Morgan fingerprint density at radius 2 is 1.45 bits per heavy atom. The summed E-state index contributed by atoms with van der Waals surface area (Å²) in [6.07, 6.45) is 3.67. The van der Waals surface area contributed by atoms with Gasteiger partial charge in [-0.05, 0) is 30.7 Å². The molecule has 0 fully saturated rings. The summed E-state index contributed by atoms with van der Waals surface area (Å²) in [5, 5.41) is 0. The van der Waals surface area contributed by atoms with Gasteiger partial charge in [-0.3, -0.25) is 4.98 Å². The zero-order chi connectivity index (χ0) is 22.4. The highest BCUT2D eigenvalue weighted by Gasteiger charge is 2.25. The molecular formula is C24H25NO6. The predicted molar refractivity (Wildman–Crippen MR) is 116 cm³/mol. The summed E-state index contributed by atoms with van der Waals surface area (Å²) in [4.78, 5) is 16.6. The highest BCUT2D eigenvalue weighted by atomic mass is 16.5. The van der Waals surface area contributed by atoms with Crippen LogP contribution in [-0.4, -0.2) is 39.4 Å². The molecule has 162 valence electrons. The minimum atomic E-state index is -0.443. The molecule has 0 saturated carbocycles. The molecule has 3 rings (SSSR count). The number of aromatic nitrogens is 1. The second-order valence-corrected chi connectivity index (χ2v) is 6.70. The molecule has 0 amide bonds. The molecule has 0 saturated heterocycles. The van der Waals surface area contributed by atoms with Gasteiger partial charge in [-0.1, -0.05) is 18.2 Å². The average Bonchev–Trinajstić information content (AvgIpc) is 2.80. The van der Waals surface area contributed by atoms with E-state index in [1.165, 1.54) is 6.20 Å². The molecule has 31 heavy (non-hydrogen) atoms. The van der Waals surface area contributed by atoms with Crippen LogP contribution in [0.3, 0.4) is 0 Å². The Morgan fingerprint density at radius 3 is 2.06 bits per heavy atom. The van der Waals surface area contributed by atoms with Gasteiger partial charge in [0.25, 0.3) is 0 Å². The van der Waals surface area contributed by atoms with Crippen molar-refractivity contribution < 1.29 is 28.5 Å². The Bertz CT molecular complexity index is 1070. The number of hydrogen-bond acceptors (Lipinski definition) is 7. The molecule has 1 aromatic heterocycles. The lowest BCUT2D eigenvalue weighted by atomic mass is 9.98. The Kier molecular flexibility index (Phi) is 6.97. The molecule has 0 aliphatic carbocycles. The third kappa shape index (κ3) is 4.55. The van der Waals surface area contributed by atoms with Gasteiger partial charge in [0.05, 0.1) is 40.2 Å². The van der Waals surface area contributed by atoms with Crippen LogP contribution >= 0.6 is 0 Å². The topological polar surface area (TPSA) is 76.1 Å². The predicted octanol–water partition coefficient (Wildman–Crippen LogP) is 4.23. The molecule has 0 unspecified atom stereocenters. The van der Waals surface area contributed by atoms with Gasteiger partial charge in [0.2, 0.25) is 11.5 Å². The van der Waals surface area contributed by atoms with E-state index in [-0.39, 0.29) is 0 Å². The maximum atomic E-state index is 12.4. The first-order chi connectivity index (χ1) is 15.0. The maximum absolute atomic E-state index is 12.4. The van der Waals surface area contributed by atoms with Crippen molar-refractivity contribution in [2.24, 2.45) is 0 Å². The van der Waals surface area contributed by atoms with Crippen molar-refractivity contribution >= 4 is 5.97 Å². The van der Waals surface area contributed by atoms with E-state index in [0.717, 1.165) is 16.7 Å². The second-order valence-electron chi connectivity index (χ2n) is 6.70. The Morgan fingerprint density at radius 1 is 0.839 bits per heavy atom. The van der Waals surface area contributed by atoms with Crippen LogP contribution in [0.1, 0.15) is 27.0 Å². The van der Waals surface area contributed by atoms with Crippen LogP contribution in [0.4, 0.5) is 0 Å². The molecule has 7 heteroatoms. The lowest BCUT2D eigenvalue weighted by Crippen LogP contribution is -2.09. The SMILES string of the molecule is COc1c(C)c(Cc2cncc(OC(=O)c3ccccc3)c2)c(OC)c(OC)c1OC. The number of ether oxygens (including phenoxy) is 5. The molecule has 0 bridgehead atoms. The number of hydrogen-bond donors (Lipinski definition) is 0. The van der Waals surface area contributed by atoms with Crippen molar-refractivity contribution in [1.82, 2.24) is 4.98 Å². The Balaban J connectivity index is 1.96. The summed E-state index contributed by atoms with van der Waals surface area (Å²) in [6.45, 7) is 1.92. The van der Waals surface area contributed by atoms with E-state index in [4.69, 9.17) is 23.7 Å². The van der Waals surface area contributed by atoms with E-state index in [0.29, 0.717) is 40.7 Å². The highest BCUT2D eigenvalue weighted by Crippen LogP contribution is 2.49. The van der Waals surface area contributed by atoms with Gasteiger partial charge < -0.3 is 23.7 Å². The molecule has 1 heterocycles. The van der Waals surface area contributed by atoms with Crippen LogP contribution in [-0.2, 0) is 6.42 Å². The van der Waals surface area contributed by atoms with Crippen molar-refractivity contribution in [1.29, 1.82) is 0 Å². The lowest BCUT2D eigenvalue weighted by Gasteiger charge is -2.21. The van der Waals surface area contributed by atoms with Crippen molar-refractivity contribution in [2.75, 3.05) is 28.4 Å². The van der Waals surface area contributed by atoms with Crippen LogP contribution in [0.5, 0.6) is 28.7 Å². The number of carbonyl (C=O) groups excluding carboxylic acids is 1. The van der Waals surface area contributed by atoms with Gasteiger partial charge in [-0.2, -0.15) is 0 Å². The van der Waals surface area contributed by atoms with Crippen LogP contribution in [0.15, 0.2) is 48.8 Å². The first-order valence-electron chi connectivity index (χ1n) is 9.60. The molecule has 0 N–H and O–H groups in total. The molecule has 0 aliphatic rings. The van der Waals surface area contributed by atoms with E-state index in [9.17, 15) is 4.79 Å². The summed E-state index contributed by atoms with van der Waals surface area (Å²) in [5.74, 6) is 1.93. The van der Waals surface area contributed by atoms with Gasteiger partial charge in [-0.25, -0.2) is 4.79 Å². The van der Waals surface area contributed by atoms with Crippen molar-refractivity contribution in [3.05, 3.63) is 71.0 Å². The molecule has 0 radical (unpaired) electrons. The molecule has 0 aliphatic heterocycles. The van der Waals surface area contributed by atoms with Crippen LogP contribution < -0.4 is 23.7 Å². The third-order valence-electron chi connectivity index (χ3n) is 4.87. The normalized spacial score (nSPS) is 10.4. The van der Waals surface area contributed by atoms with Crippen molar-refractivity contribution in [3.8, 4) is 28.7 Å². The number of benzene rings is 2. The molecule has 3 aromatic rings.